The zero-order valence-electron chi connectivity index (χ0n) is 13.1. The smallest absolute Gasteiger partial charge is 0.159 e. The molecule has 0 saturated heterocycles. The molecular formula is C18H21N5. The van der Waals surface area contributed by atoms with Gasteiger partial charge in [0.2, 0.25) is 0 Å². The monoisotopic (exact) mass is 307 g/mol. The van der Waals surface area contributed by atoms with Gasteiger partial charge in [-0.05, 0) is 50.3 Å². The van der Waals surface area contributed by atoms with Gasteiger partial charge in [0.25, 0.3) is 0 Å². The zero-order valence-corrected chi connectivity index (χ0v) is 13.1. The highest BCUT2D eigenvalue weighted by atomic mass is 15.3. The average molecular weight is 307 g/mol. The number of fused-ring (bicyclic) bond motifs is 1. The lowest BCUT2D eigenvalue weighted by molar-refractivity contribution is 0.266. The summed E-state index contributed by atoms with van der Waals surface area (Å²) in [5, 5.41) is 5.98. The second-order valence-electron chi connectivity index (χ2n) is 6.37. The molecule has 5 nitrogen and oxygen atoms in total. The lowest BCUT2D eigenvalue weighted by Gasteiger charge is -2.27. The molecule has 2 N–H and O–H groups in total. The molecule has 1 saturated carbocycles. The molecule has 4 rings (SSSR count). The summed E-state index contributed by atoms with van der Waals surface area (Å²) in [5.41, 5.74) is 7.81. The van der Waals surface area contributed by atoms with Gasteiger partial charge in [-0.15, -0.1) is 0 Å². The minimum absolute atomic E-state index is 0.502. The Bertz CT molecular complexity index is 788. The van der Waals surface area contributed by atoms with Crippen LogP contribution in [0.25, 0.3) is 22.3 Å². The molecule has 1 aliphatic carbocycles. The predicted molar refractivity (Wildman–Crippen MR) is 90.8 cm³/mol. The van der Waals surface area contributed by atoms with Crippen molar-refractivity contribution in [2.75, 3.05) is 6.54 Å². The van der Waals surface area contributed by atoms with Crippen LogP contribution in [0.1, 0.15) is 31.7 Å². The molecule has 2 aromatic heterocycles. The Morgan fingerprint density at radius 1 is 1.09 bits per heavy atom. The van der Waals surface area contributed by atoms with Gasteiger partial charge in [0.15, 0.2) is 5.82 Å². The minimum Gasteiger partial charge on any atom is -0.330 e. The molecular weight excluding hydrogens is 286 g/mol. The molecule has 0 atom stereocenters. The summed E-state index contributed by atoms with van der Waals surface area (Å²) in [6.07, 6.45) is 10.5. The second kappa shape index (κ2) is 6.08. The van der Waals surface area contributed by atoms with Crippen molar-refractivity contribution < 1.29 is 0 Å². The van der Waals surface area contributed by atoms with Crippen LogP contribution in [0.15, 0.2) is 42.9 Å². The first-order valence-corrected chi connectivity index (χ1v) is 8.30. The molecule has 3 aromatic rings. The molecule has 1 aromatic carbocycles. The third-order valence-electron chi connectivity index (χ3n) is 4.87. The van der Waals surface area contributed by atoms with Gasteiger partial charge in [0.1, 0.15) is 0 Å². The van der Waals surface area contributed by atoms with E-state index in [1.807, 2.05) is 6.07 Å². The number of benzene rings is 1. The lowest BCUT2D eigenvalue weighted by Crippen LogP contribution is -2.23. The van der Waals surface area contributed by atoms with Gasteiger partial charge < -0.3 is 5.73 Å². The van der Waals surface area contributed by atoms with Gasteiger partial charge in [0.05, 0.1) is 11.6 Å². The Morgan fingerprint density at radius 3 is 2.61 bits per heavy atom. The van der Waals surface area contributed by atoms with Gasteiger partial charge in [0, 0.05) is 29.5 Å². The van der Waals surface area contributed by atoms with E-state index in [-0.39, 0.29) is 0 Å². The van der Waals surface area contributed by atoms with E-state index in [0.29, 0.717) is 12.0 Å². The van der Waals surface area contributed by atoms with Crippen LogP contribution in [0, 0.1) is 5.92 Å². The fourth-order valence-electron chi connectivity index (χ4n) is 3.45. The quantitative estimate of drug-likeness (QED) is 0.807. The third kappa shape index (κ3) is 2.84. The molecule has 5 heteroatoms. The third-order valence-corrected chi connectivity index (χ3v) is 4.87. The highest BCUT2D eigenvalue weighted by Crippen LogP contribution is 2.32. The summed E-state index contributed by atoms with van der Waals surface area (Å²) in [4.78, 5) is 8.63. The maximum atomic E-state index is 5.79. The predicted octanol–water partition coefficient (Wildman–Crippen LogP) is 3.18. The molecule has 0 bridgehead atoms. The number of nitrogens with two attached hydrogens (primary N) is 1. The van der Waals surface area contributed by atoms with Crippen LogP contribution < -0.4 is 5.73 Å². The molecule has 0 unspecified atom stereocenters. The van der Waals surface area contributed by atoms with Crippen molar-refractivity contribution in [2.24, 2.45) is 11.7 Å². The topological polar surface area (TPSA) is 69.6 Å². The van der Waals surface area contributed by atoms with Crippen molar-refractivity contribution in [1.82, 2.24) is 19.7 Å². The van der Waals surface area contributed by atoms with E-state index in [1.54, 1.807) is 12.4 Å². The number of hydrogen-bond acceptors (Lipinski definition) is 4. The Labute approximate surface area is 135 Å². The normalized spacial score (nSPS) is 21.6. The minimum atomic E-state index is 0.502. The van der Waals surface area contributed by atoms with E-state index in [1.165, 1.54) is 31.1 Å². The summed E-state index contributed by atoms with van der Waals surface area (Å²) in [7, 11) is 0. The second-order valence-corrected chi connectivity index (χ2v) is 6.37. The standard InChI is InChI=1S/C18H21N5/c19-11-13-2-6-16(7-3-13)23-12-15-5-4-14(10-17(15)22-23)18-20-8-1-9-21-18/h1,4-5,8-10,12-13,16H,2-3,6-7,11,19H2. The Kier molecular flexibility index (Phi) is 3.79. The summed E-state index contributed by atoms with van der Waals surface area (Å²) in [6, 6.07) is 8.58. The maximum Gasteiger partial charge on any atom is 0.159 e. The average Bonchev–Trinajstić information content (AvgIpc) is 3.06. The van der Waals surface area contributed by atoms with Crippen LogP contribution in [0.3, 0.4) is 0 Å². The number of aromatic nitrogens is 4. The van der Waals surface area contributed by atoms with Crippen molar-refractivity contribution in [2.45, 2.75) is 31.7 Å². The highest BCUT2D eigenvalue weighted by Gasteiger charge is 2.22. The fourth-order valence-corrected chi connectivity index (χ4v) is 3.45. The molecule has 23 heavy (non-hydrogen) atoms. The maximum absolute atomic E-state index is 5.79. The fraction of sp³-hybridized carbons (Fsp3) is 0.389. The van der Waals surface area contributed by atoms with Crippen LogP contribution in [-0.4, -0.2) is 26.3 Å². The SMILES string of the molecule is NCC1CCC(n2cc3ccc(-c4ncccn4)cc3n2)CC1. The Morgan fingerprint density at radius 2 is 1.87 bits per heavy atom. The molecule has 0 aliphatic heterocycles. The highest BCUT2D eigenvalue weighted by molar-refractivity contribution is 5.82. The van der Waals surface area contributed by atoms with E-state index >= 15 is 0 Å². The Balaban J connectivity index is 1.61. The van der Waals surface area contributed by atoms with E-state index in [0.717, 1.165) is 23.4 Å². The van der Waals surface area contributed by atoms with Gasteiger partial charge in [-0.25, -0.2) is 9.97 Å². The van der Waals surface area contributed by atoms with Crippen LogP contribution in [0.2, 0.25) is 0 Å². The van der Waals surface area contributed by atoms with Crippen LogP contribution >= 0.6 is 0 Å². The molecule has 0 amide bonds. The summed E-state index contributed by atoms with van der Waals surface area (Å²) >= 11 is 0. The zero-order chi connectivity index (χ0) is 15.6. The first-order valence-electron chi connectivity index (χ1n) is 8.30. The van der Waals surface area contributed by atoms with E-state index in [4.69, 9.17) is 10.8 Å². The van der Waals surface area contributed by atoms with Gasteiger partial charge in [-0.3, -0.25) is 4.68 Å². The molecule has 118 valence electrons. The number of nitrogens with zero attached hydrogens (tertiary/aromatic N) is 4. The van der Waals surface area contributed by atoms with Crippen molar-refractivity contribution >= 4 is 10.9 Å². The van der Waals surface area contributed by atoms with E-state index in [2.05, 4.69) is 39.0 Å². The molecule has 2 heterocycles. The van der Waals surface area contributed by atoms with Crippen LogP contribution in [-0.2, 0) is 0 Å². The van der Waals surface area contributed by atoms with Gasteiger partial charge in [-0.2, -0.15) is 5.10 Å². The van der Waals surface area contributed by atoms with Gasteiger partial charge >= 0.3 is 0 Å². The van der Waals surface area contributed by atoms with Crippen molar-refractivity contribution in [1.29, 1.82) is 0 Å². The van der Waals surface area contributed by atoms with Gasteiger partial charge in [-0.1, -0.05) is 12.1 Å². The first kappa shape index (κ1) is 14.3. The molecule has 0 spiro atoms. The summed E-state index contributed by atoms with van der Waals surface area (Å²) in [5.74, 6) is 1.44. The van der Waals surface area contributed by atoms with Crippen molar-refractivity contribution in [3.63, 3.8) is 0 Å². The van der Waals surface area contributed by atoms with Crippen LogP contribution in [0.5, 0.6) is 0 Å². The Hall–Kier alpha value is -2.27. The molecule has 1 aliphatic rings. The van der Waals surface area contributed by atoms with Crippen LogP contribution in [0.4, 0.5) is 0 Å². The summed E-state index contributed by atoms with van der Waals surface area (Å²) < 4.78 is 2.15. The van der Waals surface area contributed by atoms with E-state index < -0.39 is 0 Å². The van der Waals surface area contributed by atoms with E-state index in [9.17, 15) is 0 Å². The number of rotatable bonds is 3. The molecule has 0 radical (unpaired) electrons. The lowest BCUT2D eigenvalue weighted by atomic mass is 9.86. The summed E-state index contributed by atoms with van der Waals surface area (Å²) in [6.45, 7) is 0.814. The number of hydrogen-bond donors (Lipinski definition) is 1. The molecule has 1 fully saturated rings. The van der Waals surface area contributed by atoms with Crippen molar-refractivity contribution in [3.05, 3.63) is 42.9 Å². The first-order chi connectivity index (χ1) is 11.3. The van der Waals surface area contributed by atoms with Crippen molar-refractivity contribution in [3.8, 4) is 11.4 Å². The largest absolute Gasteiger partial charge is 0.330 e.